The number of carbonyl (C=O) groups is 1. The molecule has 3 rings (SSSR count). The van der Waals surface area contributed by atoms with Gasteiger partial charge in [-0.25, -0.2) is 4.39 Å². The predicted octanol–water partition coefficient (Wildman–Crippen LogP) is 2.03. The van der Waals surface area contributed by atoms with E-state index in [1.807, 2.05) is 6.92 Å². The lowest BCUT2D eigenvalue weighted by molar-refractivity contribution is 0.0786. The molecular formula is C13H12FN3O. The van der Waals surface area contributed by atoms with Crippen LogP contribution in [0.4, 0.5) is 4.39 Å². The first kappa shape index (κ1) is 11.0. The molecule has 0 saturated carbocycles. The van der Waals surface area contributed by atoms with E-state index in [2.05, 4.69) is 10.2 Å². The molecular weight excluding hydrogens is 233 g/mol. The molecule has 18 heavy (non-hydrogen) atoms. The second-order valence-corrected chi connectivity index (χ2v) is 4.45. The Morgan fingerprint density at radius 3 is 2.83 bits per heavy atom. The number of hydrogen-bond acceptors (Lipinski definition) is 2. The number of amides is 1. The standard InChI is InChI=1S/C13H12FN3O/c1-7-10-11(16-15-7)13(18)17(2)12(10)8-5-3-4-6-9(8)14/h3-6,12H,1-2H3,(H,15,16)/t12-/m1/s1. The van der Waals surface area contributed by atoms with Crippen LogP contribution in [0, 0.1) is 12.7 Å². The third kappa shape index (κ3) is 1.30. The Bertz CT molecular complexity index is 635. The summed E-state index contributed by atoms with van der Waals surface area (Å²) < 4.78 is 13.9. The van der Waals surface area contributed by atoms with Gasteiger partial charge >= 0.3 is 0 Å². The van der Waals surface area contributed by atoms with E-state index in [1.165, 1.54) is 11.0 Å². The van der Waals surface area contributed by atoms with Gasteiger partial charge in [0.05, 0.1) is 6.04 Å². The van der Waals surface area contributed by atoms with Gasteiger partial charge in [-0.3, -0.25) is 9.89 Å². The van der Waals surface area contributed by atoms with Crippen LogP contribution in [0.2, 0.25) is 0 Å². The summed E-state index contributed by atoms with van der Waals surface area (Å²) in [5.74, 6) is -0.488. The van der Waals surface area contributed by atoms with Gasteiger partial charge in [0.15, 0.2) is 5.69 Å². The van der Waals surface area contributed by atoms with E-state index in [9.17, 15) is 9.18 Å². The third-order valence-electron chi connectivity index (χ3n) is 3.38. The number of rotatable bonds is 1. The van der Waals surface area contributed by atoms with E-state index in [1.54, 1.807) is 25.2 Å². The molecule has 0 spiro atoms. The maximum Gasteiger partial charge on any atom is 0.275 e. The van der Waals surface area contributed by atoms with Crippen LogP contribution in [0.5, 0.6) is 0 Å². The number of benzene rings is 1. The minimum atomic E-state index is -0.396. The highest BCUT2D eigenvalue weighted by atomic mass is 19.1. The molecule has 92 valence electrons. The smallest absolute Gasteiger partial charge is 0.275 e. The van der Waals surface area contributed by atoms with Crippen LogP contribution in [-0.2, 0) is 0 Å². The van der Waals surface area contributed by atoms with E-state index in [0.29, 0.717) is 11.3 Å². The summed E-state index contributed by atoms with van der Waals surface area (Å²) in [5, 5.41) is 6.78. The van der Waals surface area contributed by atoms with Crippen molar-refractivity contribution in [2.24, 2.45) is 0 Å². The summed E-state index contributed by atoms with van der Waals surface area (Å²) in [6, 6.07) is 6.11. The number of nitrogens with one attached hydrogen (secondary N) is 1. The largest absolute Gasteiger partial charge is 0.329 e. The SMILES string of the molecule is Cc1[nH]nc2c1[C@@H](c1ccccc1F)N(C)C2=O. The average molecular weight is 245 g/mol. The van der Waals surface area contributed by atoms with Crippen molar-refractivity contribution in [2.75, 3.05) is 7.05 Å². The molecule has 2 heterocycles. The minimum Gasteiger partial charge on any atom is -0.329 e. The van der Waals surface area contributed by atoms with Crippen molar-refractivity contribution >= 4 is 5.91 Å². The predicted molar refractivity (Wildman–Crippen MR) is 63.7 cm³/mol. The van der Waals surface area contributed by atoms with E-state index < -0.39 is 6.04 Å². The number of hydrogen-bond donors (Lipinski definition) is 1. The molecule has 1 aromatic heterocycles. The van der Waals surface area contributed by atoms with Crippen molar-refractivity contribution in [3.05, 3.63) is 52.6 Å². The number of carbonyl (C=O) groups excluding carboxylic acids is 1. The monoisotopic (exact) mass is 245 g/mol. The Kier molecular flexibility index (Phi) is 2.23. The molecule has 0 unspecified atom stereocenters. The molecule has 1 aromatic carbocycles. The average Bonchev–Trinajstić information content (AvgIpc) is 2.83. The van der Waals surface area contributed by atoms with Gasteiger partial charge in [-0.15, -0.1) is 0 Å². The Morgan fingerprint density at radius 1 is 1.39 bits per heavy atom. The van der Waals surface area contributed by atoms with E-state index >= 15 is 0 Å². The molecule has 1 aliphatic rings. The number of halogens is 1. The van der Waals surface area contributed by atoms with Crippen LogP contribution in [0.15, 0.2) is 24.3 Å². The molecule has 0 saturated heterocycles. The maximum absolute atomic E-state index is 13.9. The molecule has 1 aliphatic heterocycles. The van der Waals surface area contributed by atoms with Crippen LogP contribution >= 0.6 is 0 Å². The van der Waals surface area contributed by atoms with Crippen LogP contribution in [0.3, 0.4) is 0 Å². The number of aryl methyl sites for hydroxylation is 1. The molecule has 5 heteroatoms. The Balaban J connectivity index is 2.21. The molecule has 2 aromatic rings. The lowest BCUT2D eigenvalue weighted by atomic mass is 9.99. The molecule has 1 amide bonds. The summed E-state index contributed by atoms with van der Waals surface area (Å²) in [5.41, 5.74) is 2.46. The van der Waals surface area contributed by atoms with Gasteiger partial charge < -0.3 is 4.90 Å². The zero-order chi connectivity index (χ0) is 12.9. The molecule has 1 atom stereocenters. The van der Waals surface area contributed by atoms with Crippen molar-refractivity contribution in [1.82, 2.24) is 15.1 Å². The quantitative estimate of drug-likeness (QED) is 0.835. The number of H-pyrrole nitrogens is 1. The zero-order valence-electron chi connectivity index (χ0n) is 10.1. The first-order valence-electron chi connectivity index (χ1n) is 5.67. The molecule has 1 N–H and O–H groups in total. The van der Waals surface area contributed by atoms with Gasteiger partial charge in [-0.05, 0) is 13.0 Å². The first-order valence-corrected chi connectivity index (χ1v) is 5.67. The Labute approximate surface area is 103 Å². The van der Waals surface area contributed by atoms with Gasteiger partial charge in [0, 0.05) is 23.9 Å². The van der Waals surface area contributed by atoms with Crippen LogP contribution in [-0.4, -0.2) is 28.1 Å². The second-order valence-electron chi connectivity index (χ2n) is 4.45. The van der Waals surface area contributed by atoms with Crippen molar-refractivity contribution in [1.29, 1.82) is 0 Å². The number of nitrogens with zero attached hydrogens (tertiary/aromatic N) is 2. The fraction of sp³-hybridized carbons (Fsp3) is 0.231. The lowest BCUT2D eigenvalue weighted by Gasteiger charge is -2.21. The summed E-state index contributed by atoms with van der Waals surface area (Å²) in [6.07, 6.45) is 0. The number of fused-ring (bicyclic) bond motifs is 1. The topological polar surface area (TPSA) is 49.0 Å². The maximum atomic E-state index is 13.9. The van der Waals surface area contributed by atoms with Gasteiger partial charge in [0.2, 0.25) is 0 Å². The van der Waals surface area contributed by atoms with Crippen molar-refractivity contribution in [2.45, 2.75) is 13.0 Å². The van der Waals surface area contributed by atoms with Gasteiger partial charge in [0.25, 0.3) is 5.91 Å². The molecule has 0 fully saturated rings. The lowest BCUT2D eigenvalue weighted by Crippen LogP contribution is -2.25. The number of aromatic amines is 1. The fourth-order valence-electron chi connectivity index (χ4n) is 2.47. The highest BCUT2D eigenvalue weighted by Crippen LogP contribution is 2.38. The van der Waals surface area contributed by atoms with E-state index in [0.717, 1.165) is 11.3 Å². The summed E-state index contributed by atoms with van der Waals surface area (Å²) >= 11 is 0. The first-order chi connectivity index (χ1) is 8.61. The summed E-state index contributed by atoms with van der Waals surface area (Å²) in [6.45, 7) is 1.84. The van der Waals surface area contributed by atoms with Crippen molar-refractivity contribution in [3.63, 3.8) is 0 Å². The van der Waals surface area contributed by atoms with E-state index in [4.69, 9.17) is 0 Å². The highest BCUT2D eigenvalue weighted by molar-refractivity contribution is 5.98. The van der Waals surface area contributed by atoms with Gasteiger partial charge in [-0.2, -0.15) is 5.10 Å². The van der Waals surface area contributed by atoms with Gasteiger partial charge in [0.1, 0.15) is 5.82 Å². The van der Waals surface area contributed by atoms with Crippen LogP contribution in [0.25, 0.3) is 0 Å². The van der Waals surface area contributed by atoms with Crippen molar-refractivity contribution in [3.8, 4) is 0 Å². The summed E-state index contributed by atoms with van der Waals surface area (Å²) in [4.78, 5) is 13.6. The Hall–Kier alpha value is -2.17. The Morgan fingerprint density at radius 2 is 2.11 bits per heavy atom. The third-order valence-corrected chi connectivity index (χ3v) is 3.38. The summed E-state index contributed by atoms with van der Waals surface area (Å²) in [7, 11) is 1.67. The van der Waals surface area contributed by atoms with Gasteiger partial charge in [-0.1, -0.05) is 18.2 Å². The second kappa shape index (κ2) is 3.66. The molecule has 0 bridgehead atoms. The molecule has 0 aliphatic carbocycles. The van der Waals surface area contributed by atoms with E-state index in [-0.39, 0.29) is 11.7 Å². The molecule has 4 nitrogen and oxygen atoms in total. The van der Waals surface area contributed by atoms with Crippen LogP contribution in [0.1, 0.15) is 33.4 Å². The van der Waals surface area contributed by atoms with Crippen LogP contribution < -0.4 is 0 Å². The minimum absolute atomic E-state index is 0.178. The molecule has 0 radical (unpaired) electrons. The number of aromatic nitrogens is 2. The highest BCUT2D eigenvalue weighted by Gasteiger charge is 2.40. The zero-order valence-corrected chi connectivity index (χ0v) is 10.1. The fourth-order valence-corrected chi connectivity index (χ4v) is 2.47. The van der Waals surface area contributed by atoms with Crippen molar-refractivity contribution < 1.29 is 9.18 Å². The normalized spacial score (nSPS) is 18.3.